The van der Waals surface area contributed by atoms with Crippen LogP contribution in [0.25, 0.3) is 0 Å². The lowest BCUT2D eigenvalue weighted by atomic mass is 10.0. The third-order valence-electron chi connectivity index (χ3n) is 4.21. The van der Waals surface area contributed by atoms with Crippen LogP contribution in [0.15, 0.2) is 30.3 Å². The van der Waals surface area contributed by atoms with Gasteiger partial charge in [0.05, 0.1) is 5.92 Å². The highest BCUT2D eigenvalue weighted by Crippen LogP contribution is 2.25. The minimum atomic E-state index is -0.176. The van der Waals surface area contributed by atoms with E-state index in [0.29, 0.717) is 25.1 Å². The van der Waals surface area contributed by atoms with E-state index in [-0.39, 0.29) is 18.5 Å². The van der Waals surface area contributed by atoms with Crippen molar-refractivity contribution in [3.8, 4) is 0 Å². The molecule has 21 heavy (non-hydrogen) atoms. The lowest BCUT2D eigenvalue weighted by Gasteiger charge is -2.21. The Kier molecular flexibility index (Phi) is 6.21. The largest absolute Gasteiger partial charge is 0.461 e. The summed E-state index contributed by atoms with van der Waals surface area (Å²) in [6.45, 7) is 3.04. The number of hydrogen-bond donors (Lipinski definition) is 2. The van der Waals surface area contributed by atoms with Crippen molar-refractivity contribution < 1.29 is 14.6 Å². The zero-order valence-electron chi connectivity index (χ0n) is 12.6. The van der Waals surface area contributed by atoms with Gasteiger partial charge >= 0.3 is 5.97 Å². The molecule has 1 aromatic rings. The van der Waals surface area contributed by atoms with Crippen LogP contribution in [-0.2, 0) is 16.1 Å². The monoisotopic (exact) mass is 291 g/mol. The normalized spacial score (nSPS) is 23.0. The van der Waals surface area contributed by atoms with Gasteiger partial charge in [0.1, 0.15) is 6.61 Å². The van der Waals surface area contributed by atoms with E-state index >= 15 is 0 Å². The van der Waals surface area contributed by atoms with Crippen LogP contribution in [0.3, 0.4) is 0 Å². The fourth-order valence-electron chi connectivity index (χ4n) is 2.81. The van der Waals surface area contributed by atoms with Gasteiger partial charge in [-0.2, -0.15) is 0 Å². The number of carbonyl (C=O) groups excluding carboxylic acids is 1. The molecule has 116 valence electrons. The van der Waals surface area contributed by atoms with Crippen LogP contribution in [0.5, 0.6) is 0 Å². The lowest BCUT2D eigenvalue weighted by Crippen LogP contribution is -2.38. The highest BCUT2D eigenvalue weighted by Gasteiger charge is 2.27. The van der Waals surface area contributed by atoms with Crippen LogP contribution in [-0.4, -0.2) is 30.3 Å². The molecule has 4 heteroatoms. The summed E-state index contributed by atoms with van der Waals surface area (Å²) in [4.78, 5) is 12.0. The van der Waals surface area contributed by atoms with E-state index in [0.717, 1.165) is 24.8 Å². The Morgan fingerprint density at radius 3 is 2.86 bits per heavy atom. The van der Waals surface area contributed by atoms with Gasteiger partial charge in [0.2, 0.25) is 0 Å². The Morgan fingerprint density at radius 1 is 1.38 bits per heavy atom. The summed E-state index contributed by atoms with van der Waals surface area (Å²) in [5.74, 6) is -0.0175. The Balaban J connectivity index is 1.70. The summed E-state index contributed by atoms with van der Waals surface area (Å²) in [7, 11) is 0. The molecule has 0 aliphatic heterocycles. The first-order chi connectivity index (χ1) is 10.2. The fraction of sp³-hybridized carbons (Fsp3) is 0.588. The summed E-state index contributed by atoms with van der Waals surface area (Å²) in [6, 6.07) is 10.0. The van der Waals surface area contributed by atoms with Gasteiger partial charge in [0.15, 0.2) is 0 Å². The van der Waals surface area contributed by atoms with Crippen LogP contribution in [0, 0.1) is 11.8 Å². The molecular weight excluding hydrogens is 266 g/mol. The van der Waals surface area contributed by atoms with Crippen LogP contribution in [0.4, 0.5) is 0 Å². The second-order valence-electron chi connectivity index (χ2n) is 5.88. The number of aliphatic hydroxyl groups is 1. The quantitative estimate of drug-likeness (QED) is 0.756. The third kappa shape index (κ3) is 4.83. The molecule has 3 atom stereocenters. The van der Waals surface area contributed by atoms with Crippen molar-refractivity contribution in [3.63, 3.8) is 0 Å². The zero-order chi connectivity index (χ0) is 15.1. The van der Waals surface area contributed by atoms with Crippen molar-refractivity contribution in [1.82, 2.24) is 5.32 Å². The average Bonchev–Trinajstić information content (AvgIpc) is 2.98. The lowest BCUT2D eigenvalue weighted by molar-refractivity contribution is -0.149. The molecule has 4 nitrogen and oxygen atoms in total. The van der Waals surface area contributed by atoms with Crippen LogP contribution in [0.1, 0.15) is 31.7 Å². The molecule has 0 heterocycles. The predicted molar refractivity (Wildman–Crippen MR) is 81.6 cm³/mol. The first-order valence-electron chi connectivity index (χ1n) is 7.75. The molecular formula is C17H25NO3. The molecule has 1 aliphatic rings. The minimum Gasteiger partial charge on any atom is -0.461 e. The number of ether oxygens (including phenoxy) is 1. The summed E-state index contributed by atoms with van der Waals surface area (Å²) >= 11 is 0. The molecule has 0 amide bonds. The maximum absolute atomic E-state index is 12.0. The predicted octanol–water partition coefficient (Wildman–Crippen LogP) is 2.12. The van der Waals surface area contributed by atoms with Crippen molar-refractivity contribution in [2.24, 2.45) is 11.8 Å². The van der Waals surface area contributed by atoms with Crippen molar-refractivity contribution in [2.75, 3.05) is 13.2 Å². The van der Waals surface area contributed by atoms with Gasteiger partial charge in [-0.15, -0.1) is 0 Å². The van der Waals surface area contributed by atoms with Gasteiger partial charge in [-0.3, -0.25) is 4.79 Å². The van der Waals surface area contributed by atoms with E-state index in [9.17, 15) is 9.90 Å². The number of esters is 1. The first-order valence-corrected chi connectivity index (χ1v) is 7.75. The Hall–Kier alpha value is -1.39. The molecule has 0 radical (unpaired) electrons. The highest BCUT2D eigenvalue weighted by molar-refractivity contribution is 5.72. The van der Waals surface area contributed by atoms with E-state index in [2.05, 4.69) is 5.32 Å². The number of carbonyl (C=O) groups is 1. The number of aliphatic hydroxyl groups excluding tert-OH is 1. The van der Waals surface area contributed by atoms with Gasteiger partial charge in [0, 0.05) is 19.2 Å². The zero-order valence-corrected chi connectivity index (χ0v) is 12.6. The SMILES string of the molecule is CC(CNC1CCCC1CO)C(=O)OCc1ccccc1. The number of benzene rings is 1. The van der Waals surface area contributed by atoms with E-state index in [1.807, 2.05) is 37.3 Å². The van der Waals surface area contributed by atoms with E-state index in [1.54, 1.807) is 0 Å². The standard InChI is InChI=1S/C17H25NO3/c1-13(10-18-16-9-5-8-15(16)11-19)17(20)21-12-14-6-3-2-4-7-14/h2-4,6-7,13,15-16,18-19H,5,8-12H2,1H3. The first kappa shape index (κ1) is 16.0. The number of rotatable bonds is 7. The molecule has 1 aliphatic carbocycles. The van der Waals surface area contributed by atoms with Gasteiger partial charge in [0.25, 0.3) is 0 Å². The summed E-state index contributed by atoms with van der Waals surface area (Å²) in [6.07, 6.45) is 3.30. The molecule has 0 aromatic heterocycles. The van der Waals surface area contributed by atoms with E-state index in [1.165, 1.54) is 0 Å². The molecule has 1 saturated carbocycles. The topological polar surface area (TPSA) is 58.6 Å². The molecule has 0 saturated heterocycles. The molecule has 0 bridgehead atoms. The fourth-order valence-corrected chi connectivity index (χ4v) is 2.81. The van der Waals surface area contributed by atoms with Gasteiger partial charge in [-0.25, -0.2) is 0 Å². The van der Waals surface area contributed by atoms with Crippen molar-refractivity contribution >= 4 is 5.97 Å². The molecule has 2 N–H and O–H groups in total. The Labute approximate surface area is 126 Å². The van der Waals surface area contributed by atoms with Crippen molar-refractivity contribution in [2.45, 2.75) is 38.8 Å². The van der Waals surface area contributed by atoms with Crippen LogP contribution in [0.2, 0.25) is 0 Å². The summed E-state index contributed by atoms with van der Waals surface area (Å²) in [5.41, 5.74) is 1.00. The van der Waals surface area contributed by atoms with E-state index < -0.39 is 0 Å². The highest BCUT2D eigenvalue weighted by atomic mass is 16.5. The van der Waals surface area contributed by atoms with Crippen molar-refractivity contribution in [1.29, 1.82) is 0 Å². The summed E-state index contributed by atoms with van der Waals surface area (Å²) < 4.78 is 5.33. The van der Waals surface area contributed by atoms with Crippen LogP contribution < -0.4 is 5.32 Å². The van der Waals surface area contributed by atoms with E-state index in [4.69, 9.17) is 4.74 Å². The van der Waals surface area contributed by atoms with Gasteiger partial charge in [-0.1, -0.05) is 43.7 Å². The Bertz CT molecular complexity index is 435. The second kappa shape index (κ2) is 8.15. The number of hydrogen-bond acceptors (Lipinski definition) is 4. The molecule has 0 spiro atoms. The molecule has 1 fully saturated rings. The van der Waals surface area contributed by atoms with Crippen molar-refractivity contribution in [3.05, 3.63) is 35.9 Å². The maximum Gasteiger partial charge on any atom is 0.310 e. The third-order valence-corrected chi connectivity index (χ3v) is 4.21. The smallest absolute Gasteiger partial charge is 0.310 e. The Morgan fingerprint density at radius 2 is 2.14 bits per heavy atom. The molecule has 2 rings (SSSR count). The average molecular weight is 291 g/mol. The summed E-state index contributed by atoms with van der Waals surface area (Å²) in [5, 5.41) is 12.7. The molecule has 1 aromatic carbocycles. The van der Waals surface area contributed by atoms with Crippen LogP contribution >= 0.6 is 0 Å². The van der Waals surface area contributed by atoms with Gasteiger partial charge in [-0.05, 0) is 24.3 Å². The minimum absolute atomic E-state index is 0.173. The molecule has 3 unspecified atom stereocenters. The van der Waals surface area contributed by atoms with Gasteiger partial charge < -0.3 is 15.2 Å². The second-order valence-corrected chi connectivity index (χ2v) is 5.88. The maximum atomic E-state index is 12.0. The number of nitrogens with one attached hydrogen (secondary N) is 1.